The fraction of sp³-hybridized carbons (Fsp3) is 0.571. The molecule has 1 aromatic rings. The van der Waals surface area contributed by atoms with Crippen LogP contribution >= 0.6 is 11.6 Å². The molecule has 1 aromatic carbocycles. The van der Waals surface area contributed by atoms with Crippen LogP contribution in [0.4, 0.5) is 0 Å². The molecule has 0 saturated carbocycles. The van der Waals surface area contributed by atoms with Gasteiger partial charge in [0.15, 0.2) is 0 Å². The van der Waals surface area contributed by atoms with Crippen LogP contribution in [0.25, 0.3) is 0 Å². The van der Waals surface area contributed by atoms with Crippen molar-refractivity contribution in [3.8, 4) is 0 Å². The van der Waals surface area contributed by atoms with Gasteiger partial charge in [0.2, 0.25) is 0 Å². The van der Waals surface area contributed by atoms with Crippen molar-refractivity contribution in [3.05, 3.63) is 34.9 Å². The number of nitrogens with one attached hydrogen (secondary N) is 1. The van der Waals surface area contributed by atoms with Crippen LogP contribution in [0, 0.1) is 0 Å². The monoisotopic (exact) mass is 266 g/mol. The molecule has 0 bridgehead atoms. The molecular formula is C14H19ClN2O. The molecule has 2 fully saturated rings. The van der Waals surface area contributed by atoms with Gasteiger partial charge in [-0.05, 0) is 30.5 Å². The van der Waals surface area contributed by atoms with E-state index in [2.05, 4.69) is 10.2 Å². The highest BCUT2D eigenvalue weighted by atomic mass is 35.5. The number of piperazine rings is 1. The van der Waals surface area contributed by atoms with Gasteiger partial charge in [-0.25, -0.2) is 0 Å². The molecular weight excluding hydrogens is 248 g/mol. The molecule has 0 aromatic heterocycles. The molecule has 18 heavy (non-hydrogen) atoms. The maximum Gasteiger partial charge on any atom is 0.102 e. The van der Waals surface area contributed by atoms with E-state index in [1.165, 1.54) is 0 Å². The first kappa shape index (κ1) is 12.4. The van der Waals surface area contributed by atoms with E-state index < -0.39 is 5.60 Å². The molecule has 98 valence electrons. The second-order valence-corrected chi connectivity index (χ2v) is 5.84. The maximum absolute atomic E-state index is 10.9. The molecule has 2 N–H and O–H groups in total. The predicted molar refractivity (Wildman–Crippen MR) is 72.8 cm³/mol. The topological polar surface area (TPSA) is 35.5 Å². The Kier molecular flexibility index (Phi) is 3.32. The first-order valence-electron chi connectivity index (χ1n) is 6.61. The Labute approximate surface area is 113 Å². The standard InChI is InChI=1S/C14H19ClN2O/c15-12-3-1-11(2-4-12)14(18)6-5-13-9-16-7-8-17(13)10-14/h1-4,13,16,18H,5-10H2/t13-,14-/m1/s1. The molecule has 0 aliphatic carbocycles. The fourth-order valence-electron chi connectivity index (χ4n) is 3.11. The van der Waals surface area contributed by atoms with Crippen LogP contribution in [0.2, 0.25) is 5.02 Å². The number of halogens is 1. The Bertz CT molecular complexity index is 422. The molecule has 2 atom stereocenters. The molecule has 2 aliphatic rings. The summed E-state index contributed by atoms with van der Waals surface area (Å²) in [6.07, 6.45) is 1.88. The number of fused-ring (bicyclic) bond motifs is 1. The molecule has 0 spiro atoms. The third-order valence-electron chi connectivity index (χ3n) is 4.21. The lowest BCUT2D eigenvalue weighted by Gasteiger charge is -2.46. The zero-order valence-electron chi connectivity index (χ0n) is 10.4. The van der Waals surface area contributed by atoms with Gasteiger partial charge in [0.1, 0.15) is 5.60 Å². The Morgan fingerprint density at radius 3 is 2.89 bits per heavy atom. The van der Waals surface area contributed by atoms with E-state index in [1.807, 2.05) is 24.3 Å². The van der Waals surface area contributed by atoms with Crippen molar-refractivity contribution < 1.29 is 5.11 Å². The van der Waals surface area contributed by atoms with Crippen molar-refractivity contribution in [2.75, 3.05) is 26.2 Å². The van der Waals surface area contributed by atoms with Crippen LogP contribution in [0.5, 0.6) is 0 Å². The van der Waals surface area contributed by atoms with Crippen molar-refractivity contribution >= 4 is 11.6 Å². The lowest BCUT2D eigenvalue weighted by Crippen LogP contribution is -2.58. The normalized spacial score (nSPS) is 33.1. The summed E-state index contributed by atoms with van der Waals surface area (Å²) in [6, 6.07) is 8.21. The van der Waals surface area contributed by atoms with Crippen LogP contribution < -0.4 is 5.32 Å². The van der Waals surface area contributed by atoms with Crippen molar-refractivity contribution in [2.45, 2.75) is 24.5 Å². The smallest absolute Gasteiger partial charge is 0.102 e. The van der Waals surface area contributed by atoms with Gasteiger partial charge in [0, 0.05) is 37.2 Å². The number of hydrogen-bond donors (Lipinski definition) is 2. The Balaban J connectivity index is 1.80. The van der Waals surface area contributed by atoms with Gasteiger partial charge in [0.05, 0.1) is 0 Å². The van der Waals surface area contributed by atoms with Crippen LogP contribution in [-0.2, 0) is 5.60 Å². The quantitative estimate of drug-likeness (QED) is 0.811. The van der Waals surface area contributed by atoms with Gasteiger partial charge in [-0.2, -0.15) is 0 Å². The zero-order valence-corrected chi connectivity index (χ0v) is 11.2. The summed E-state index contributed by atoms with van der Waals surface area (Å²) in [5, 5.41) is 15.0. The molecule has 0 unspecified atom stereocenters. The highest BCUT2D eigenvalue weighted by Crippen LogP contribution is 2.34. The summed E-state index contributed by atoms with van der Waals surface area (Å²) in [5.41, 5.74) is 0.280. The van der Waals surface area contributed by atoms with E-state index in [4.69, 9.17) is 11.6 Å². The van der Waals surface area contributed by atoms with Crippen LogP contribution in [0.15, 0.2) is 24.3 Å². The maximum atomic E-state index is 10.9. The van der Waals surface area contributed by atoms with Gasteiger partial charge in [-0.1, -0.05) is 23.7 Å². The van der Waals surface area contributed by atoms with Gasteiger partial charge in [0.25, 0.3) is 0 Å². The number of aliphatic hydroxyl groups is 1. The van der Waals surface area contributed by atoms with Gasteiger partial charge < -0.3 is 10.4 Å². The molecule has 2 saturated heterocycles. The van der Waals surface area contributed by atoms with Crippen LogP contribution in [-0.4, -0.2) is 42.2 Å². The minimum absolute atomic E-state index is 0.589. The summed E-state index contributed by atoms with van der Waals surface area (Å²) in [6.45, 7) is 3.84. The van der Waals surface area contributed by atoms with E-state index in [1.54, 1.807) is 0 Å². The summed E-state index contributed by atoms with van der Waals surface area (Å²) in [4.78, 5) is 2.41. The summed E-state index contributed by atoms with van der Waals surface area (Å²) in [5.74, 6) is 0. The number of rotatable bonds is 1. The lowest BCUT2D eigenvalue weighted by molar-refractivity contribution is -0.0624. The number of piperidine rings is 1. The minimum Gasteiger partial charge on any atom is -0.384 e. The van der Waals surface area contributed by atoms with Crippen molar-refractivity contribution in [1.82, 2.24) is 10.2 Å². The number of benzene rings is 1. The highest BCUT2D eigenvalue weighted by Gasteiger charge is 2.39. The van der Waals surface area contributed by atoms with Crippen molar-refractivity contribution in [2.24, 2.45) is 0 Å². The third-order valence-corrected chi connectivity index (χ3v) is 4.46. The van der Waals surface area contributed by atoms with E-state index in [-0.39, 0.29) is 0 Å². The SMILES string of the molecule is O[C@]1(c2ccc(Cl)cc2)CC[C@@H]2CNCCN2C1. The lowest BCUT2D eigenvalue weighted by atomic mass is 9.82. The Morgan fingerprint density at radius 2 is 2.11 bits per heavy atom. The van der Waals surface area contributed by atoms with E-state index in [0.29, 0.717) is 6.04 Å². The zero-order chi connectivity index (χ0) is 12.6. The van der Waals surface area contributed by atoms with E-state index in [0.717, 1.165) is 49.6 Å². The predicted octanol–water partition coefficient (Wildman–Crippen LogP) is 1.60. The molecule has 4 heteroatoms. The van der Waals surface area contributed by atoms with Crippen LogP contribution in [0.3, 0.4) is 0 Å². The van der Waals surface area contributed by atoms with Gasteiger partial charge in [-0.3, -0.25) is 4.90 Å². The van der Waals surface area contributed by atoms with Gasteiger partial charge >= 0.3 is 0 Å². The molecule has 2 aliphatic heterocycles. The summed E-state index contributed by atoms with van der Waals surface area (Å²) >= 11 is 5.91. The Morgan fingerprint density at radius 1 is 1.33 bits per heavy atom. The fourth-order valence-corrected chi connectivity index (χ4v) is 3.24. The number of hydrogen-bond acceptors (Lipinski definition) is 3. The third kappa shape index (κ3) is 2.28. The molecule has 3 nitrogen and oxygen atoms in total. The van der Waals surface area contributed by atoms with Crippen molar-refractivity contribution in [1.29, 1.82) is 0 Å². The molecule has 0 amide bonds. The highest BCUT2D eigenvalue weighted by molar-refractivity contribution is 6.30. The molecule has 0 radical (unpaired) electrons. The average Bonchev–Trinajstić information content (AvgIpc) is 2.39. The van der Waals surface area contributed by atoms with Gasteiger partial charge in [-0.15, -0.1) is 0 Å². The Hall–Kier alpha value is -0.610. The summed E-state index contributed by atoms with van der Waals surface area (Å²) in [7, 11) is 0. The number of nitrogens with zero attached hydrogens (tertiary/aromatic N) is 1. The van der Waals surface area contributed by atoms with Crippen LogP contribution in [0.1, 0.15) is 18.4 Å². The van der Waals surface area contributed by atoms with E-state index >= 15 is 0 Å². The second-order valence-electron chi connectivity index (χ2n) is 5.41. The first-order valence-corrected chi connectivity index (χ1v) is 6.98. The first-order chi connectivity index (χ1) is 8.67. The van der Waals surface area contributed by atoms with Crippen molar-refractivity contribution in [3.63, 3.8) is 0 Å². The largest absolute Gasteiger partial charge is 0.384 e. The van der Waals surface area contributed by atoms with E-state index in [9.17, 15) is 5.11 Å². The minimum atomic E-state index is -0.710. The second kappa shape index (κ2) is 4.82. The molecule has 2 heterocycles. The molecule has 3 rings (SSSR count). The average molecular weight is 267 g/mol. The summed E-state index contributed by atoms with van der Waals surface area (Å²) < 4.78 is 0.